The molecule has 0 spiro atoms. The molecule has 3 rings (SSSR count). The maximum absolute atomic E-state index is 5.47. The van der Waals surface area contributed by atoms with Crippen LogP contribution < -0.4 is 10.2 Å². The molecule has 1 saturated heterocycles. The highest BCUT2D eigenvalue weighted by Crippen LogP contribution is 2.30. The summed E-state index contributed by atoms with van der Waals surface area (Å²) in [4.78, 5) is 8.33. The molecule has 20 heavy (non-hydrogen) atoms. The molecule has 1 N–H and O–H groups in total. The number of methoxy groups -OCH3 is 1. The van der Waals surface area contributed by atoms with Gasteiger partial charge in [0.2, 0.25) is 0 Å². The Labute approximate surface area is 124 Å². The number of ether oxygens (including phenoxy) is 2. The van der Waals surface area contributed by atoms with Crippen LogP contribution in [-0.2, 0) is 22.6 Å². The normalized spacial score (nSPS) is 22.4. The molecule has 2 aliphatic rings. The maximum Gasteiger partial charge on any atom is 0.185 e. The third kappa shape index (κ3) is 3.31. The van der Waals surface area contributed by atoms with E-state index >= 15 is 0 Å². The van der Waals surface area contributed by atoms with Crippen molar-refractivity contribution in [2.24, 2.45) is 0 Å². The molecule has 5 nitrogen and oxygen atoms in total. The fourth-order valence-corrected chi connectivity index (χ4v) is 3.46. The molecule has 0 bridgehead atoms. The van der Waals surface area contributed by atoms with Crippen LogP contribution in [0.1, 0.15) is 29.8 Å². The first-order valence-corrected chi connectivity index (χ1v) is 8.11. The average Bonchev–Trinajstić information content (AvgIpc) is 2.97. The van der Waals surface area contributed by atoms with E-state index in [0.29, 0.717) is 12.6 Å². The molecule has 1 unspecified atom stereocenters. The van der Waals surface area contributed by atoms with Gasteiger partial charge in [0.15, 0.2) is 5.13 Å². The second kappa shape index (κ2) is 6.39. The molecule has 0 radical (unpaired) electrons. The third-order valence-corrected chi connectivity index (χ3v) is 5.12. The smallest absolute Gasteiger partial charge is 0.185 e. The SMILES string of the molecule is COCc1nc(N(C)C2CCOC2)sc1CNC1CC1. The number of aromatic nitrogens is 1. The molecule has 0 aromatic carbocycles. The summed E-state index contributed by atoms with van der Waals surface area (Å²) in [5.41, 5.74) is 1.08. The monoisotopic (exact) mass is 297 g/mol. The molecule has 1 aliphatic carbocycles. The standard InChI is InChI=1S/C14H23N3O2S/c1-17(11-5-6-19-8-11)14-16-12(9-18-2)13(20-14)7-15-10-3-4-10/h10-11,15H,3-9H2,1-2H3. The molecular weight excluding hydrogens is 274 g/mol. The number of nitrogens with zero attached hydrogens (tertiary/aromatic N) is 2. The summed E-state index contributed by atoms with van der Waals surface area (Å²) >= 11 is 1.78. The highest BCUT2D eigenvalue weighted by Gasteiger charge is 2.25. The lowest BCUT2D eigenvalue weighted by Gasteiger charge is -2.21. The maximum atomic E-state index is 5.47. The Morgan fingerprint density at radius 2 is 2.30 bits per heavy atom. The summed E-state index contributed by atoms with van der Waals surface area (Å²) in [7, 11) is 3.85. The first-order valence-electron chi connectivity index (χ1n) is 7.29. The summed E-state index contributed by atoms with van der Waals surface area (Å²) < 4.78 is 10.8. The van der Waals surface area contributed by atoms with Gasteiger partial charge in [0.1, 0.15) is 0 Å². The van der Waals surface area contributed by atoms with E-state index in [9.17, 15) is 0 Å². The van der Waals surface area contributed by atoms with Crippen LogP contribution in [0.15, 0.2) is 0 Å². The number of hydrogen-bond acceptors (Lipinski definition) is 6. The number of thiazole rings is 1. The van der Waals surface area contributed by atoms with E-state index in [1.807, 2.05) is 0 Å². The lowest BCUT2D eigenvalue weighted by molar-refractivity contribution is 0.181. The summed E-state index contributed by atoms with van der Waals surface area (Å²) in [5.74, 6) is 0. The number of rotatable bonds is 7. The summed E-state index contributed by atoms with van der Waals surface area (Å²) in [6.07, 6.45) is 3.71. The molecule has 1 aromatic heterocycles. The lowest BCUT2D eigenvalue weighted by Crippen LogP contribution is -2.31. The predicted octanol–water partition coefficient (Wildman–Crippen LogP) is 1.77. The molecule has 1 aliphatic heterocycles. The van der Waals surface area contributed by atoms with Crippen LogP contribution in [-0.4, -0.2) is 44.4 Å². The predicted molar refractivity (Wildman–Crippen MR) is 80.3 cm³/mol. The molecule has 1 saturated carbocycles. The van der Waals surface area contributed by atoms with Crippen LogP contribution in [0, 0.1) is 0 Å². The molecule has 6 heteroatoms. The Morgan fingerprint density at radius 3 is 2.95 bits per heavy atom. The van der Waals surface area contributed by atoms with Crippen molar-refractivity contribution in [3.05, 3.63) is 10.6 Å². The third-order valence-electron chi connectivity index (χ3n) is 3.93. The molecular formula is C14H23N3O2S. The Bertz CT molecular complexity index is 442. The summed E-state index contributed by atoms with van der Waals surface area (Å²) in [6, 6.07) is 1.18. The van der Waals surface area contributed by atoms with Crippen LogP contribution in [0.3, 0.4) is 0 Å². The number of anilines is 1. The van der Waals surface area contributed by atoms with Crippen LogP contribution in [0.2, 0.25) is 0 Å². The van der Waals surface area contributed by atoms with Crippen molar-refractivity contribution in [1.29, 1.82) is 0 Å². The second-order valence-corrected chi connectivity index (χ2v) is 6.64. The van der Waals surface area contributed by atoms with E-state index < -0.39 is 0 Å². The van der Waals surface area contributed by atoms with E-state index in [1.165, 1.54) is 17.7 Å². The van der Waals surface area contributed by atoms with E-state index in [-0.39, 0.29) is 0 Å². The Kier molecular flexibility index (Phi) is 4.55. The molecule has 2 fully saturated rings. The van der Waals surface area contributed by atoms with Crippen molar-refractivity contribution >= 4 is 16.5 Å². The Balaban J connectivity index is 1.70. The van der Waals surface area contributed by atoms with Gasteiger partial charge in [-0.25, -0.2) is 4.98 Å². The molecule has 1 atom stereocenters. The highest BCUT2D eigenvalue weighted by molar-refractivity contribution is 7.15. The number of likely N-dealkylation sites (N-methyl/N-ethyl adjacent to an activating group) is 1. The van der Waals surface area contributed by atoms with Crippen molar-refractivity contribution < 1.29 is 9.47 Å². The largest absolute Gasteiger partial charge is 0.379 e. The van der Waals surface area contributed by atoms with Crippen LogP contribution in [0.25, 0.3) is 0 Å². The fourth-order valence-electron chi connectivity index (χ4n) is 2.42. The first kappa shape index (κ1) is 14.3. The second-order valence-electron chi connectivity index (χ2n) is 5.58. The van der Waals surface area contributed by atoms with E-state index in [1.54, 1.807) is 18.4 Å². The van der Waals surface area contributed by atoms with E-state index in [2.05, 4.69) is 17.3 Å². The van der Waals surface area contributed by atoms with Gasteiger partial charge in [-0.15, -0.1) is 11.3 Å². The summed E-state index contributed by atoms with van der Waals surface area (Å²) in [6.45, 7) is 3.18. The van der Waals surface area contributed by atoms with Crippen molar-refractivity contribution in [2.75, 3.05) is 32.3 Å². The number of hydrogen-bond donors (Lipinski definition) is 1. The first-order chi connectivity index (χ1) is 9.78. The van der Waals surface area contributed by atoms with Gasteiger partial charge in [-0.1, -0.05) is 0 Å². The van der Waals surface area contributed by atoms with Crippen LogP contribution >= 0.6 is 11.3 Å². The minimum Gasteiger partial charge on any atom is -0.379 e. The Morgan fingerprint density at radius 1 is 1.45 bits per heavy atom. The summed E-state index contributed by atoms with van der Waals surface area (Å²) in [5, 5.41) is 4.65. The minimum absolute atomic E-state index is 0.459. The Hall–Kier alpha value is -0.690. The van der Waals surface area contributed by atoms with Gasteiger partial charge in [-0.05, 0) is 19.3 Å². The highest BCUT2D eigenvalue weighted by atomic mass is 32.1. The molecule has 112 valence electrons. The topological polar surface area (TPSA) is 46.6 Å². The van der Waals surface area contributed by atoms with Gasteiger partial charge in [0.25, 0.3) is 0 Å². The van der Waals surface area contributed by atoms with Crippen molar-refractivity contribution in [3.8, 4) is 0 Å². The fraction of sp³-hybridized carbons (Fsp3) is 0.786. The van der Waals surface area contributed by atoms with Crippen molar-refractivity contribution in [2.45, 2.75) is 44.5 Å². The van der Waals surface area contributed by atoms with Gasteiger partial charge < -0.3 is 19.7 Å². The molecule has 2 heterocycles. The zero-order valence-electron chi connectivity index (χ0n) is 12.2. The quantitative estimate of drug-likeness (QED) is 0.831. The van der Waals surface area contributed by atoms with E-state index in [0.717, 1.165) is 43.0 Å². The van der Waals surface area contributed by atoms with Crippen LogP contribution in [0.5, 0.6) is 0 Å². The van der Waals surface area contributed by atoms with E-state index in [4.69, 9.17) is 14.5 Å². The molecule has 0 amide bonds. The van der Waals surface area contributed by atoms with Gasteiger partial charge >= 0.3 is 0 Å². The van der Waals surface area contributed by atoms with Gasteiger partial charge in [0, 0.05) is 38.2 Å². The minimum atomic E-state index is 0.459. The van der Waals surface area contributed by atoms with Crippen molar-refractivity contribution in [3.63, 3.8) is 0 Å². The zero-order chi connectivity index (χ0) is 13.9. The van der Waals surface area contributed by atoms with Gasteiger partial charge in [-0.3, -0.25) is 0 Å². The molecule has 1 aromatic rings. The number of nitrogens with one attached hydrogen (secondary N) is 1. The van der Waals surface area contributed by atoms with Crippen molar-refractivity contribution in [1.82, 2.24) is 10.3 Å². The zero-order valence-corrected chi connectivity index (χ0v) is 13.0. The average molecular weight is 297 g/mol. The van der Waals surface area contributed by atoms with Gasteiger partial charge in [-0.2, -0.15) is 0 Å². The van der Waals surface area contributed by atoms with Crippen LogP contribution in [0.4, 0.5) is 5.13 Å². The lowest BCUT2D eigenvalue weighted by atomic mass is 10.2. The van der Waals surface area contributed by atoms with Gasteiger partial charge in [0.05, 0.1) is 24.9 Å².